The molecular weight excluding hydrogens is 547 g/mol. The van der Waals surface area contributed by atoms with Gasteiger partial charge in [0.15, 0.2) is 0 Å². The molecule has 0 spiro atoms. The van der Waals surface area contributed by atoms with E-state index in [0.717, 1.165) is 51.4 Å². The van der Waals surface area contributed by atoms with E-state index in [2.05, 4.69) is 10.6 Å². The van der Waals surface area contributed by atoms with Crippen LogP contribution in [0.15, 0.2) is 0 Å². The molecule has 4 fully saturated rings. The average Bonchev–Trinajstić information content (AvgIpc) is 3.15. The predicted molar refractivity (Wildman–Crippen MR) is 145 cm³/mol. The van der Waals surface area contributed by atoms with Crippen molar-refractivity contribution in [3.63, 3.8) is 0 Å². The summed E-state index contributed by atoms with van der Waals surface area (Å²) < 4.78 is 4.25. The van der Waals surface area contributed by atoms with Crippen molar-refractivity contribution in [3.05, 3.63) is 0 Å². The number of ether oxygens (including phenoxy) is 1. The van der Waals surface area contributed by atoms with Gasteiger partial charge in [-0.3, -0.25) is 19.2 Å². The largest absolute Gasteiger partial charge is 0.444 e. The fraction of sp³-hybridized carbons (Fsp3) is 0.815. The summed E-state index contributed by atoms with van der Waals surface area (Å²) in [6.45, 7) is 5.37. The Morgan fingerprint density at radius 1 is 1.00 bits per heavy atom. The minimum absolute atomic E-state index is 0.112. The Morgan fingerprint density at radius 3 is 2.18 bits per heavy atom. The van der Waals surface area contributed by atoms with E-state index in [1.165, 1.54) is 4.90 Å². The maximum absolute atomic E-state index is 14.0. The highest BCUT2D eigenvalue weighted by Gasteiger charge is 2.74. The number of carbonyl (C=O) groups excluding carboxylic acids is 5. The number of piperidine rings is 1. The van der Waals surface area contributed by atoms with Crippen LogP contribution < -0.4 is 16.4 Å². The van der Waals surface area contributed by atoms with Crippen LogP contribution in [0.2, 0.25) is 0 Å². The fourth-order valence-corrected chi connectivity index (χ4v) is 7.14. The molecule has 0 bridgehead atoms. The molecule has 218 valence electrons. The second-order valence-corrected chi connectivity index (χ2v) is 14.0. The molecule has 1 aliphatic heterocycles. The highest BCUT2D eigenvalue weighted by atomic mass is 35.5. The van der Waals surface area contributed by atoms with Crippen LogP contribution in [0.5, 0.6) is 0 Å². The van der Waals surface area contributed by atoms with Gasteiger partial charge in [0.2, 0.25) is 17.6 Å². The minimum Gasteiger partial charge on any atom is -0.444 e. The number of amides is 4. The molecule has 0 radical (unpaired) electrons. The summed E-state index contributed by atoms with van der Waals surface area (Å²) in [4.78, 5) is 66.2. The van der Waals surface area contributed by atoms with Crippen molar-refractivity contribution in [3.8, 4) is 0 Å². The summed E-state index contributed by atoms with van der Waals surface area (Å²) >= 11 is 13.0. The summed E-state index contributed by atoms with van der Waals surface area (Å²) in [7, 11) is 0. The number of alkyl halides is 2. The number of halogens is 2. The van der Waals surface area contributed by atoms with E-state index in [4.69, 9.17) is 33.7 Å². The van der Waals surface area contributed by atoms with Gasteiger partial charge in [-0.2, -0.15) is 0 Å². The van der Waals surface area contributed by atoms with Crippen LogP contribution in [0.1, 0.15) is 78.6 Å². The first-order valence-corrected chi connectivity index (χ1v) is 14.8. The van der Waals surface area contributed by atoms with E-state index < -0.39 is 63.6 Å². The topological polar surface area (TPSA) is 148 Å². The molecule has 3 saturated carbocycles. The number of ketones is 1. The number of hydrogen-bond acceptors (Lipinski definition) is 6. The Bertz CT molecular complexity index is 1000. The van der Waals surface area contributed by atoms with Gasteiger partial charge in [0, 0.05) is 18.4 Å². The van der Waals surface area contributed by atoms with Crippen LogP contribution in [0.4, 0.5) is 4.79 Å². The monoisotopic (exact) mass is 586 g/mol. The van der Waals surface area contributed by atoms with Crippen molar-refractivity contribution >= 4 is 52.8 Å². The Hall–Kier alpha value is -2.07. The molecular formula is C27H40Cl2N4O6. The number of nitrogens with zero attached hydrogens (tertiary/aromatic N) is 1. The third-order valence-electron chi connectivity index (χ3n) is 8.61. The average molecular weight is 588 g/mol. The lowest BCUT2D eigenvalue weighted by atomic mass is 9.80. The van der Waals surface area contributed by atoms with Crippen LogP contribution >= 0.6 is 23.2 Å². The smallest absolute Gasteiger partial charge is 0.408 e. The first kappa shape index (κ1) is 29.9. The summed E-state index contributed by atoms with van der Waals surface area (Å²) in [5.74, 6) is -3.75. The summed E-state index contributed by atoms with van der Waals surface area (Å²) in [6.07, 6.45) is 6.89. The van der Waals surface area contributed by atoms with Gasteiger partial charge in [-0.1, -0.05) is 38.5 Å². The maximum atomic E-state index is 14.0. The number of alkyl carbamates (subject to hydrolysis) is 1. The quantitative estimate of drug-likeness (QED) is 0.279. The Balaban J connectivity index is 1.55. The normalized spacial score (nSPS) is 27.9. The van der Waals surface area contributed by atoms with Crippen LogP contribution in [-0.2, 0) is 23.9 Å². The highest BCUT2D eigenvalue weighted by molar-refractivity contribution is 6.51. The van der Waals surface area contributed by atoms with Gasteiger partial charge in [-0.15, -0.1) is 23.2 Å². The zero-order valence-electron chi connectivity index (χ0n) is 22.8. The molecule has 3 aliphatic carbocycles. The number of nitrogens with two attached hydrogens (primary N) is 1. The molecule has 0 aromatic carbocycles. The molecule has 1 saturated heterocycles. The van der Waals surface area contributed by atoms with Gasteiger partial charge in [0.05, 0.1) is 6.04 Å². The Kier molecular flexibility index (Phi) is 8.76. The molecule has 12 heteroatoms. The Labute approximate surface area is 239 Å². The van der Waals surface area contributed by atoms with Crippen LogP contribution in [-0.4, -0.2) is 69.1 Å². The number of Topliss-reactive ketones (excluding diaryl/α,β-unsaturated/α-hetero) is 1. The van der Waals surface area contributed by atoms with Gasteiger partial charge in [0.1, 0.15) is 22.0 Å². The zero-order chi connectivity index (χ0) is 28.7. The summed E-state index contributed by atoms with van der Waals surface area (Å²) in [5, 5.41) is 5.48. The van der Waals surface area contributed by atoms with E-state index >= 15 is 0 Å². The van der Waals surface area contributed by atoms with Crippen molar-refractivity contribution < 1.29 is 28.7 Å². The lowest BCUT2D eigenvalue weighted by Gasteiger charge is -2.37. The fourth-order valence-electron chi connectivity index (χ4n) is 6.32. The molecule has 0 aromatic rings. The standard InChI is InChI=1S/C27H40Cl2N4O6/c1-26(2,3)39-25(38)32-19(15-10-5-4-6-11-15)24(37)33-13-16-18(27(16,28)29)20(33)23(36)31-17(21(34)22(30)35)12-14-8-7-9-14/h14-20H,4-13H2,1-3H3,(H2,30,35)(H,31,36)(H,32,38)/t16?,17?,18?,19-,20-/m0/s1. The van der Waals surface area contributed by atoms with Crippen LogP contribution in [0, 0.1) is 23.7 Å². The van der Waals surface area contributed by atoms with E-state index in [0.29, 0.717) is 6.42 Å². The van der Waals surface area contributed by atoms with Crippen LogP contribution in [0.3, 0.4) is 0 Å². The number of nitrogens with one attached hydrogen (secondary N) is 2. The van der Waals surface area contributed by atoms with E-state index in [1.54, 1.807) is 20.8 Å². The van der Waals surface area contributed by atoms with Gasteiger partial charge in [-0.05, 0) is 51.9 Å². The first-order chi connectivity index (χ1) is 18.2. The number of fused-ring (bicyclic) bond motifs is 1. The van der Waals surface area contributed by atoms with Crippen molar-refractivity contribution in [1.29, 1.82) is 0 Å². The number of primary amides is 1. The number of carbonyl (C=O) groups is 5. The molecule has 3 unspecified atom stereocenters. The number of hydrogen-bond donors (Lipinski definition) is 3. The van der Waals surface area contributed by atoms with Gasteiger partial charge in [0.25, 0.3) is 5.91 Å². The minimum atomic E-state index is -1.19. The van der Waals surface area contributed by atoms with Crippen molar-refractivity contribution in [2.45, 2.75) is 107 Å². The molecule has 10 nitrogen and oxygen atoms in total. The summed E-state index contributed by atoms with van der Waals surface area (Å²) in [6, 6.07) is -3.01. The molecule has 4 rings (SSSR count). The lowest BCUT2D eigenvalue weighted by molar-refractivity contribution is -0.144. The van der Waals surface area contributed by atoms with Gasteiger partial charge >= 0.3 is 6.09 Å². The molecule has 5 atom stereocenters. The van der Waals surface area contributed by atoms with Crippen molar-refractivity contribution in [2.24, 2.45) is 29.4 Å². The molecule has 39 heavy (non-hydrogen) atoms. The number of rotatable bonds is 9. The van der Waals surface area contributed by atoms with Crippen LogP contribution in [0.25, 0.3) is 0 Å². The molecule has 1 heterocycles. The first-order valence-electron chi connectivity index (χ1n) is 14.0. The Morgan fingerprint density at radius 2 is 1.64 bits per heavy atom. The van der Waals surface area contributed by atoms with Crippen molar-refractivity contribution in [2.75, 3.05) is 6.54 Å². The van der Waals surface area contributed by atoms with Gasteiger partial charge < -0.3 is 26.0 Å². The molecule has 4 amide bonds. The SMILES string of the molecule is CC(C)(C)OC(=O)N[C@H](C(=O)N1CC2C([C@H]1C(=O)NC(CC1CCC1)C(=O)C(N)=O)C2(Cl)Cl)C1CCCCC1. The second kappa shape index (κ2) is 11.4. The van der Waals surface area contributed by atoms with Gasteiger partial charge in [-0.25, -0.2) is 4.79 Å². The maximum Gasteiger partial charge on any atom is 0.408 e. The van der Waals surface area contributed by atoms with E-state index in [9.17, 15) is 24.0 Å². The van der Waals surface area contributed by atoms with E-state index in [1.807, 2.05) is 0 Å². The number of likely N-dealkylation sites (tertiary alicyclic amines) is 1. The lowest BCUT2D eigenvalue weighted by Crippen LogP contribution is -2.60. The molecule has 0 aromatic heterocycles. The predicted octanol–water partition coefficient (Wildman–Crippen LogP) is 2.82. The van der Waals surface area contributed by atoms with Crippen molar-refractivity contribution in [1.82, 2.24) is 15.5 Å². The van der Waals surface area contributed by atoms with E-state index in [-0.39, 0.29) is 24.3 Å². The zero-order valence-corrected chi connectivity index (χ0v) is 24.4. The second-order valence-electron chi connectivity index (χ2n) is 12.6. The highest BCUT2D eigenvalue weighted by Crippen LogP contribution is 2.65. The molecule has 4 aliphatic rings. The third kappa shape index (κ3) is 6.64. The third-order valence-corrected chi connectivity index (χ3v) is 9.68. The molecule has 4 N–H and O–H groups in total. The summed E-state index contributed by atoms with van der Waals surface area (Å²) in [5.41, 5.74) is 4.52.